The Morgan fingerprint density at radius 3 is 2.00 bits per heavy atom. The van der Waals surface area contributed by atoms with Crippen molar-refractivity contribution in [1.29, 1.82) is 0 Å². The van der Waals surface area contributed by atoms with E-state index in [-0.39, 0.29) is 5.54 Å². The molecule has 0 amide bonds. The Bertz CT molecular complexity index is 301. The van der Waals surface area contributed by atoms with Crippen molar-refractivity contribution in [2.45, 2.75) is 57.0 Å². The van der Waals surface area contributed by atoms with Crippen LogP contribution in [0.3, 0.4) is 0 Å². The molecule has 3 heteroatoms. The molecular formula is C16H33N3. The Labute approximate surface area is 119 Å². The maximum absolute atomic E-state index is 6.13. The molecule has 0 radical (unpaired) electrons. The summed E-state index contributed by atoms with van der Waals surface area (Å²) < 4.78 is 0. The second-order valence-corrected chi connectivity index (χ2v) is 7.67. The summed E-state index contributed by atoms with van der Waals surface area (Å²) in [5, 5.41) is 0. The van der Waals surface area contributed by atoms with Gasteiger partial charge in [0.05, 0.1) is 0 Å². The molecule has 19 heavy (non-hydrogen) atoms. The van der Waals surface area contributed by atoms with Gasteiger partial charge >= 0.3 is 0 Å². The van der Waals surface area contributed by atoms with E-state index in [0.717, 1.165) is 18.4 Å². The first-order valence-corrected chi connectivity index (χ1v) is 7.94. The average molecular weight is 267 g/mol. The fourth-order valence-corrected chi connectivity index (χ4v) is 3.96. The van der Waals surface area contributed by atoms with Crippen molar-refractivity contribution in [3.63, 3.8) is 0 Å². The number of nitrogens with two attached hydrogens (primary N) is 1. The lowest BCUT2D eigenvalue weighted by Crippen LogP contribution is -2.66. The molecule has 0 atom stereocenters. The van der Waals surface area contributed by atoms with E-state index >= 15 is 0 Å². The lowest BCUT2D eigenvalue weighted by Gasteiger charge is -2.58. The lowest BCUT2D eigenvalue weighted by molar-refractivity contribution is -0.0642. The highest BCUT2D eigenvalue weighted by molar-refractivity contribution is 5.07. The first-order chi connectivity index (χ1) is 8.85. The fourth-order valence-electron chi connectivity index (χ4n) is 3.96. The number of hydrogen-bond donors (Lipinski definition) is 1. The first kappa shape index (κ1) is 15.3. The SMILES string of the molecule is CC(C)C1CC(CN)(N(C)CC2(N(C)C)CCC2)C1. The van der Waals surface area contributed by atoms with Crippen LogP contribution in [0, 0.1) is 11.8 Å². The summed E-state index contributed by atoms with van der Waals surface area (Å²) in [5.74, 6) is 1.68. The smallest absolute Gasteiger partial charge is 0.0334 e. The molecule has 2 fully saturated rings. The van der Waals surface area contributed by atoms with Gasteiger partial charge in [-0.1, -0.05) is 13.8 Å². The van der Waals surface area contributed by atoms with Crippen LogP contribution in [0.15, 0.2) is 0 Å². The van der Waals surface area contributed by atoms with Gasteiger partial charge in [-0.15, -0.1) is 0 Å². The summed E-state index contributed by atoms with van der Waals surface area (Å²) in [6.45, 7) is 6.69. The van der Waals surface area contributed by atoms with Gasteiger partial charge < -0.3 is 10.6 Å². The molecule has 0 bridgehead atoms. The Balaban J connectivity index is 1.97. The van der Waals surface area contributed by atoms with Gasteiger partial charge in [-0.3, -0.25) is 4.90 Å². The summed E-state index contributed by atoms with van der Waals surface area (Å²) in [7, 11) is 6.77. The molecule has 112 valence electrons. The normalized spacial score (nSPS) is 33.6. The zero-order valence-electron chi connectivity index (χ0n) is 13.6. The van der Waals surface area contributed by atoms with Crippen LogP contribution in [-0.4, -0.2) is 55.1 Å². The van der Waals surface area contributed by atoms with E-state index in [9.17, 15) is 0 Å². The monoisotopic (exact) mass is 267 g/mol. The van der Waals surface area contributed by atoms with Crippen LogP contribution < -0.4 is 5.73 Å². The van der Waals surface area contributed by atoms with Gasteiger partial charge in [0.25, 0.3) is 0 Å². The first-order valence-electron chi connectivity index (χ1n) is 7.94. The molecule has 0 heterocycles. The second kappa shape index (κ2) is 5.34. The van der Waals surface area contributed by atoms with Gasteiger partial charge in [-0.2, -0.15) is 0 Å². The van der Waals surface area contributed by atoms with Gasteiger partial charge in [0.15, 0.2) is 0 Å². The number of hydrogen-bond acceptors (Lipinski definition) is 3. The molecular weight excluding hydrogens is 234 g/mol. The van der Waals surface area contributed by atoms with Crippen molar-refractivity contribution in [3.05, 3.63) is 0 Å². The van der Waals surface area contributed by atoms with Crippen LogP contribution in [0.4, 0.5) is 0 Å². The summed E-state index contributed by atoms with van der Waals surface area (Å²) in [5.41, 5.74) is 6.83. The molecule has 3 nitrogen and oxygen atoms in total. The summed E-state index contributed by atoms with van der Waals surface area (Å²) in [6.07, 6.45) is 6.66. The zero-order valence-corrected chi connectivity index (χ0v) is 13.6. The average Bonchev–Trinajstić information content (AvgIpc) is 2.21. The highest BCUT2D eigenvalue weighted by atomic mass is 15.3. The molecule has 0 aromatic heterocycles. The van der Waals surface area contributed by atoms with Gasteiger partial charge in [0.1, 0.15) is 0 Å². The van der Waals surface area contributed by atoms with Crippen molar-refractivity contribution in [1.82, 2.24) is 9.80 Å². The van der Waals surface area contributed by atoms with Gasteiger partial charge in [-0.05, 0) is 65.1 Å². The molecule has 0 aliphatic heterocycles. The highest BCUT2D eigenvalue weighted by Gasteiger charge is 2.50. The Hall–Kier alpha value is -0.120. The van der Waals surface area contributed by atoms with Crippen molar-refractivity contribution in [2.24, 2.45) is 17.6 Å². The van der Waals surface area contributed by atoms with Crippen LogP contribution >= 0.6 is 0 Å². The molecule has 2 aliphatic rings. The number of rotatable bonds is 6. The topological polar surface area (TPSA) is 32.5 Å². The third-order valence-corrected chi connectivity index (χ3v) is 6.18. The summed E-state index contributed by atoms with van der Waals surface area (Å²) in [6, 6.07) is 0. The Morgan fingerprint density at radius 2 is 1.68 bits per heavy atom. The minimum Gasteiger partial charge on any atom is -0.329 e. The van der Waals surface area contributed by atoms with Crippen molar-refractivity contribution in [3.8, 4) is 0 Å². The number of likely N-dealkylation sites (N-methyl/N-ethyl adjacent to an activating group) is 2. The van der Waals surface area contributed by atoms with Crippen molar-refractivity contribution >= 4 is 0 Å². The molecule has 2 saturated carbocycles. The van der Waals surface area contributed by atoms with E-state index in [0.29, 0.717) is 5.54 Å². The van der Waals surface area contributed by atoms with Gasteiger partial charge in [0, 0.05) is 24.2 Å². The van der Waals surface area contributed by atoms with Crippen LogP contribution in [0.5, 0.6) is 0 Å². The lowest BCUT2D eigenvalue weighted by atomic mass is 9.62. The Morgan fingerprint density at radius 1 is 1.11 bits per heavy atom. The van der Waals surface area contributed by atoms with Gasteiger partial charge in [-0.25, -0.2) is 0 Å². The van der Waals surface area contributed by atoms with E-state index < -0.39 is 0 Å². The molecule has 0 saturated heterocycles. The largest absolute Gasteiger partial charge is 0.329 e. The van der Waals surface area contributed by atoms with Crippen molar-refractivity contribution in [2.75, 3.05) is 34.2 Å². The predicted molar refractivity (Wildman–Crippen MR) is 82.2 cm³/mol. The molecule has 2 N–H and O–H groups in total. The highest BCUT2D eigenvalue weighted by Crippen LogP contribution is 2.47. The molecule has 0 aromatic rings. The van der Waals surface area contributed by atoms with Crippen LogP contribution in [-0.2, 0) is 0 Å². The summed E-state index contributed by atoms with van der Waals surface area (Å²) in [4.78, 5) is 5.03. The third-order valence-electron chi connectivity index (χ3n) is 6.18. The minimum absolute atomic E-state index is 0.285. The molecule has 2 aliphatic carbocycles. The van der Waals surface area contributed by atoms with Crippen molar-refractivity contribution < 1.29 is 0 Å². The predicted octanol–water partition coefficient (Wildman–Crippen LogP) is 2.17. The molecule has 0 unspecified atom stereocenters. The van der Waals surface area contributed by atoms with Crippen LogP contribution in [0.25, 0.3) is 0 Å². The van der Waals surface area contributed by atoms with Crippen LogP contribution in [0.1, 0.15) is 46.0 Å². The molecule has 2 rings (SSSR count). The molecule has 0 aromatic carbocycles. The zero-order chi connectivity index (χ0) is 14.3. The van der Waals surface area contributed by atoms with E-state index in [4.69, 9.17) is 5.73 Å². The second-order valence-electron chi connectivity index (χ2n) is 7.67. The van der Waals surface area contributed by atoms with E-state index in [1.807, 2.05) is 0 Å². The molecule has 0 spiro atoms. The van der Waals surface area contributed by atoms with E-state index in [1.54, 1.807) is 0 Å². The third kappa shape index (κ3) is 2.57. The Kier molecular flexibility index (Phi) is 4.29. The maximum Gasteiger partial charge on any atom is 0.0334 e. The summed E-state index contributed by atoms with van der Waals surface area (Å²) >= 11 is 0. The minimum atomic E-state index is 0.285. The van der Waals surface area contributed by atoms with E-state index in [1.165, 1.54) is 38.6 Å². The standard InChI is InChI=1S/C16H33N3/c1-13(2)14-9-16(10-14,11-17)19(5)12-15(18(3)4)7-6-8-15/h13-14H,6-12,17H2,1-5H3. The fraction of sp³-hybridized carbons (Fsp3) is 1.00. The quantitative estimate of drug-likeness (QED) is 0.800. The number of nitrogens with zero attached hydrogens (tertiary/aromatic N) is 2. The van der Waals surface area contributed by atoms with E-state index in [2.05, 4.69) is 44.8 Å². The van der Waals surface area contributed by atoms with Crippen LogP contribution in [0.2, 0.25) is 0 Å². The maximum atomic E-state index is 6.13. The van der Waals surface area contributed by atoms with Gasteiger partial charge in [0.2, 0.25) is 0 Å².